The van der Waals surface area contributed by atoms with Gasteiger partial charge in [0.15, 0.2) is 0 Å². The van der Waals surface area contributed by atoms with Crippen molar-refractivity contribution in [3.8, 4) is 11.5 Å². The SMILES string of the molecule is COc1ccc(NC(=O)c2cccc(NC(=O)c3ccc(NC(=O)N4CCOCC4)cc3)c2)c(OC)c1. The number of urea groups is 1. The van der Waals surface area contributed by atoms with E-state index in [0.717, 1.165) is 0 Å². The maximum absolute atomic E-state index is 12.8. The van der Waals surface area contributed by atoms with Crippen LogP contribution in [0.2, 0.25) is 0 Å². The van der Waals surface area contributed by atoms with Gasteiger partial charge in [0, 0.05) is 41.7 Å². The van der Waals surface area contributed by atoms with Gasteiger partial charge >= 0.3 is 6.03 Å². The maximum atomic E-state index is 12.8. The van der Waals surface area contributed by atoms with Crippen LogP contribution in [0.25, 0.3) is 0 Å². The van der Waals surface area contributed by atoms with Crippen LogP contribution in [0.15, 0.2) is 66.7 Å². The summed E-state index contributed by atoms with van der Waals surface area (Å²) in [6, 6.07) is 18.1. The molecule has 0 aliphatic carbocycles. The van der Waals surface area contributed by atoms with Crippen LogP contribution >= 0.6 is 0 Å². The molecule has 192 valence electrons. The third-order valence-electron chi connectivity index (χ3n) is 5.74. The van der Waals surface area contributed by atoms with Gasteiger partial charge in [0.1, 0.15) is 11.5 Å². The molecule has 3 aromatic carbocycles. The topological polar surface area (TPSA) is 118 Å². The van der Waals surface area contributed by atoms with E-state index in [1.807, 2.05) is 0 Å². The van der Waals surface area contributed by atoms with Gasteiger partial charge in [0.2, 0.25) is 0 Å². The van der Waals surface area contributed by atoms with Gasteiger partial charge in [-0.2, -0.15) is 0 Å². The van der Waals surface area contributed by atoms with Gasteiger partial charge in [-0.1, -0.05) is 6.07 Å². The summed E-state index contributed by atoms with van der Waals surface area (Å²) >= 11 is 0. The molecule has 3 aromatic rings. The Kier molecular flexibility index (Phi) is 8.22. The summed E-state index contributed by atoms with van der Waals surface area (Å²) in [7, 11) is 3.05. The lowest BCUT2D eigenvalue weighted by Crippen LogP contribution is -2.43. The molecule has 10 heteroatoms. The minimum atomic E-state index is -0.361. The Balaban J connectivity index is 1.37. The number of carbonyl (C=O) groups is 3. The number of rotatable bonds is 7. The first-order chi connectivity index (χ1) is 18.0. The maximum Gasteiger partial charge on any atom is 0.321 e. The van der Waals surface area contributed by atoms with E-state index < -0.39 is 0 Å². The van der Waals surface area contributed by atoms with Gasteiger partial charge in [-0.25, -0.2) is 4.79 Å². The normalized spacial score (nSPS) is 12.9. The van der Waals surface area contributed by atoms with Crippen molar-refractivity contribution in [3.05, 3.63) is 77.9 Å². The third-order valence-corrected chi connectivity index (χ3v) is 5.74. The van der Waals surface area contributed by atoms with Crippen LogP contribution in [0.1, 0.15) is 20.7 Å². The van der Waals surface area contributed by atoms with E-state index in [1.165, 1.54) is 7.11 Å². The number of morpholine rings is 1. The average molecular weight is 505 g/mol. The zero-order chi connectivity index (χ0) is 26.2. The van der Waals surface area contributed by atoms with Crippen molar-refractivity contribution < 1.29 is 28.6 Å². The highest BCUT2D eigenvalue weighted by Crippen LogP contribution is 2.29. The first kappa shape index (κ1) is 25.5. The lowest BCUT2D eigenvalue weighted by atomic mass is 10.1. The monoisotopic (exact) mass is 504 g/mol. The van der Waals surface area contributed by atoms with Crippen molar-refractivity contribution in [2.45, 2.75) is 0 Å². The Morgan fingerprint density at radius 3 is 2.19 bits per heavy atom. The predicted molar refractivity (Wildman–Crippen MR) is 140 cm³/mol. The van der Waals surface area contributed by atoms with Gasteiger partial charge in [-0.3, -0.25) is 9.59 Å². The van der Waals surface area contributed by atoms with E-state index in [4.69, 9.17) is 14.2 Å². The molecule has 0 saturated carbocycles. The molecule has 4 rings (SSSR count). The zero-order valence-corrected chi connectivity index (χ0v) is 20.6. The lowest BCUT2D eigenvalue weighted by molar-refractivity contribution is 0.0564. The van der Waals surface area contributed by atoms with E-state index in [9.17, 15) is 14.4 Å². The second kappa shape index (κ2) is 11.9. The molecule has 0 atom stereocenters. The number of hydrogen-bond donors (Lipinski definition) is 3. The summed E-state index contributed by atoms with van der Waals surface area (Å²) in [5, 5.41) is 8.43. The first-order valence-corrected chi connectivity index (χ1v) is 11.7. The van der Waals surface area contributed by atoms with Crippen molar-refractivity contribution in [1.29, 1.82) is 0 Å². The number of hydrogen-bond acceptors (Lipinski definition) is 6. The quantitative estimate of drug-likeness (QED) is 0.446. The smallest absolute Gasteiger partial charge is 0.321 e. The molecule has 37 heavy (non-hydrogen) atoms. The summed E-state index contributed by atoms with van der Waals surface area (Å²) in [5.74, 6) is 0.356. The second-order valence-electron chi connectivity index (χ2n) is 8.16. The van der Waals surface area contributed by atoms with E-state index in [-0.39, 0.29) is 17.8 Å². The van der Waals surface area contributed by atoms with Crippen molar-refractivity contribution in [2.24, 2.45) is 0 Å². The Labute approximate surface area is 214 Å². The number of amides is 4. The highest BCUT2D eigenvalue weighted by molar-refractivity contribution is 6.08. The molecule has 0 aromatic heterocycles. The highest BCUT2D eigenvalue weighted by atomic mass is 16.5. The molecular formula is C27H28N4O6. The van der Waals surface area contributed by atoms with Gasteiger partial charge < -0.3 is 35.1 Å². The Morgan fingerprint density at radius 2 is 1.49 bits per heavy atom. The Bertz CT molecular complexity index is 1270. The van der Waals surface area contributed by atoms with Crippen LogP contribution in [0.4, 0.5) is 21.9 Å². The fourth-order valence-corrected chi connectivity index (χ4v) is 3.71. The molecule has 1 saturated heterocycles. The minimum Gasteiger partial charge on any atom is -0.497 e. The van der Waals surface area contributed by atoms with E-state index in [0.29, 0.717) is 66.0 Å². The fraction of sp³-hybridized carbons (Fsp3) is 0.222. The molecule has 0 bridgehead atoms. The molecule has 3 N–H and O–H groups in total. The summed E-state index contributed by atoms with van der Waals surface area (Å²) in [5.41, 5.74) is 2.30. The van der Waals surface area contributed by atoms with E-state index in [2.05, 4.69) is 16.0 Å². The number of benzene rings is 3. The Hall–Kier alpha value is -4.57. The van der Waals surface area contributed by atoms with Crippen molar-refractivity contribution in [1.82, 2.24) is 4.90 Å². The standard InChI is InChI=1S/C27H28N4O6/c1-35-22-10-11-23(24(17-22)36-2)30-26(33)19-4-3-5-21(16-19)28-25(32)18-6-8-20(9-7-18)29-27(34)31-12-14-37-15-13-31/h3-11,16-17H,12-15H2,1-2H3,(H,28,32)(H,29,34)(H,30,33). The molecule has 1 heterocycles. The average Bonchev–Trinajstić information content (AvgIpc) is 2.94. The molecule has 1 aliphatic heterocycles. The molecule has 1 aliphatic rings. The molecule has 10 nitrogen and oxygen atoms in total. The highest BCUT2D eigenvalue weighted by Gasteiger charge is 2.17. The van der Waals surface area contributed by atoms with Crippen LogP contribution in [-0.4, -0.2) is 63.3 Å². The summed E-state index contributed by atoms with van der Waals surface area (Å²) in [6.07, 6.45) is 0. The van der Waals surface area contributed by atoms with E-state index >= 15 is 0 Å². The van der Waals surface area contributed by atoms with Crippen molar-refractivity contribution >= 4 is 34.9 Å². The third kappa shape index (κ3) is 6.56. The first-order valence-electron chi connectivity index (χ1n) is 11.7. The van der Waals surface area contributed by atoms with Gasteiger partial charge in [-0.05, 0) is 54.6 Å². The predicted octanol–water partition coefficient (Wildman–Crippen LogP) is 4.07. The molecule has 4 amide bonds. The molecule has 0 spiro atoms. The number of nitrogens with one attached hydrogen (secondary N) is 3. The summed E-state index contributed by atoms with van der Waals surface area (Å²) in [6.45, 7) is 2.12. The molecule has 0 unspecified atom stereocenters. The number of anilines is 3. The number of methoxy groups -OCH3 is 2. The number of nitrogens with zero attached hydrogens (tertiary/aromatic N) is 1. The van der Waals surface area contributed by atoms with Crippen molar-refractivity contribution in [3.63, 3.8) is 0 Å². The van der Waals surface area contributed by atoms with Gasteiger partial charge in [0.25, 0.3) is 11.8 Å². The van der Waals surface area contributed by atoms with Crippen LogP contribution in [-0.2, 0) is 4.74 Å². The van der Waals surface area contributed by atoms with Crippen LogP contribution < -0.4 is 25.4 Å². The van der Waals surface area contributed by atoms with E-state index in [1.54, 1.807) is 78.7 Å². The van der Waals surface area contributed by atoms with Crippen LogP contribution in [0.3, 0.4) is 0 Å². The number of carbonyl (C=O) groups excluding carboxylic acids is 3. The lowest BCUT2D eigenvalue weighted by Gasteiger charge is -2.26. The summed E-state index contributed by atoms with van der Waals surface area (Å²) in [4.78, 5) is 39.6. The fourth-order valence-electron chi connectivity index (χ4n) is 3.71. The van der Waals surface area contributed by atoms with Gasteiger partial charge in [-0.15, -0.1) is 0 Å². The van der Waals surface area contributed by atoms with Crippen LogP contribution in [0.5, 0.6) is 11.5 Å². The van der Waals surface area contributed by atoms with Crippen molar-refractivity contribution in [2.75, 3.05) is 56.5 Å². The van der Waals surface area contributed by atoms with Crippen LogP contribution in [0, 0.1) is 0 Å². The largest absolute Gasteiger partial charge is 0.497 e. The Morgan fingerprint density at radius 1 is 0.757 bits per heavy atom. The number of ether oxygens (including phenoxy) is 3. The molecule has 0 radical (unpaired) electrons. The summed E-state index contributed by atoms with van der Waals surface area (Å²) < 4.78 is 15.8. The molecule has 1 fully saturated rings. The zero-order valence-electron chi connectivity index (χ0n) is 20.6. The second-order valence-corrected chi connectivity index (χ2v) is 8.16. The minimum absolute atomic E-state index is 0.206. The van der Waals surface area contributed by atoms with Gasteiger partial charge in [0.05, 0.1) is 33.1 Å². The molecular weight excluding hydrogens is 476 g/mol.